The highest BCUT2D eigenvalue weighted by Gasteiger charge is 2.42. The average Bonchev–Trinajstić information content (AvgIpc) is 3.45. The summed E-state index contributed by atoms with van der Waals surface area (Å²) >= 11 is 9.21. The lowest BCUT2D eigenvalue weighted by Gasteiger charge is -2.26. The van der Waals surface area contributed by atoms with Crippen LogP contribution in [-0.2, 0) is 0 Å². The molecule has 8 heteroatoms. The third kappa shape index (κ3) is 4.15. The fourth-order valence-corrected chi connectivity index (χ4v) is 4.61. The number of rotatable bonds is 5. The number of furan rings is 1. The molecule has 1 aliphatic heterocycles. The number of hydrogen-bond acceptors (Lipinski definition) is 4. The zero-order chi connectivity index (χ0) is 22.9. The molecule has 1 aliphatic rings. The molecule has 2 aromatic heterocycles. The van der Waals surface area contributed by atoms with Crippen LogP contribution >= 0.6 is 28.1 Å². The van der Waals surface area contributed by atoms with E-state index < -0.39 is 5.97 Å². The molecule has 2 aromatic carbocycles. The second-order valence-corrected chi connectivity index (χ2v) is 8.86. The zero-order valence-corrected chi connectivity index (χ0v) is 19.6. The van der Waals surface area contributed by atoms with Crippen molar-refractivity contribution < 1.29 is 14.3 Å². The Bertz CT molecular complexity index is 1320. The van der Waals surface area contributed by atoms with Gasteiger partial charge in [-0.1, -0.05) is 34.1 Å². The lowest BCUT2D eigenvalue weighted by molar-refractivity contribution is 0.0697. The molecular formula is C25H18BrN3O3S. The van der Waals surface area contributed by atoms with Crippen molar-refractivity contribution in [2.24, 2.45) is 0 Å². The van der Waals surface area contributed by atoms with Crippen LogP contribution in [0, 0.1) is 0 Å². The molecule has 5 rings (SSSR count). The summed E-state index contributed by atoms with van der Waals surface area (Å²) in [5.74, 6) is 0.295. The third-order valence-electron chi connectivity index (χ3n) is 5.52. The summed E-state index contributed by atoms with van der Waals surface area (Å²) in [4.78, 5) is 18.0. The second-order valence-electron chi connectivity index (χ2n) is 7.56. The molecule has 0 spiro atoms. The van der Waals surface area contributed by atoms with Gasteiger partial charge in [-0.3, -0.25) is 4.98 Å². The van der Waals surface area contributed by atoms with Crippen LogP contribution in [0.25, 0.3) is 11.3 Å². The van der Waals surface area contributed by atoms with Crippen molar-refractivity contribution in [2.75, 3.05) is 4.90 Å². The zero-order valence-electron chi connectivity index (χ0n) is 17.2. The Hall–Kier alpha value is -3.49. The molecule has 2 atom stereocenters. The van der Waals surface area contributed by atoms with Gasteiger partial charge in [0.1, 0.15) is 17.6 Å². The molecular weight excluding hydrogens is 502 g/mol. The number of aromatic carboxylic acids is 1. The molecule has 0 aliphatic carbocycles. The normalized spacial score (nSPS) is 17.7. The molecule has 0 bridgehead atoms. The molecule has 0 radical (unpaired) electrons. The van der Waals surface area contributed by atoms with Crippen molar-refractivity contribution in [3.05, 3.63) is 107 Å². The van der Waals surface area contributed by atoms with Gasteiger partial charge in [0.2, 0.25) is 0 Å². The van der Waals surface area contributed by atoms with E-state index in [2.05, 4.69) is 26.2 Å². The maximum absolute atomic E-state index is 11.4. The molecule has 0 saturated carbocycles. The molecule has 0 amide bonds. The Balaban J connectivity index is 1.58. The van der Waals surface area contributed by atoms with Gasteiger partial charge in [0.15, 0.2) is 5.11 Å². The van der Waals surface area contributed by atoms with E-state index >= 15 is 0 Å². The Kier molecular flexibility index (Phi) is 5.70. The number of aromatic nitrogens is 1. The van der Waals surface area contributed by atoms with Gasteiger partial charge in [0.25, 0.3) is 0 Å². The quantitative estimate of drug-likeness (QED) is 0.314. The summed E-state index contributed by atoms with van der Waals surface area (Å²) in [7, 11) is 0. The first kappa shape index (κ1) is 21.4. The van der Waals surface area contributed by atoms with Gasteiger partial charge in [-0.2, -0.15) is 0 Å². The molecule has 1 saturated heterocycles. The van der Waals surface area contributed by atoms with Crippen LogP contribution in [0.3, 0.4) is 0 Å². The highest BCUT2D eigenvalue weighted by atomic mass is 79.9. The Morgan fingerprint density at radius 3 is 2.61 bits per heavy atom. The number of benzene rings is 2. The summed E-state index contributed by atoms with van der Waals surface area (Å²) < 4.78 is 7.27. The molecule has 6 nitrogen and oxygen atoms in total. The van der Waals surface area contributed by atoms with Gasteiger partial charge < -0.3 is 19.7 Å². The standard InChI is InChI=1S/C25H18BrN3O3S/c26-17-7-9-18(10-8-17)29-23(22(28-25(29)33)19-6-1-2-13-27-19)21-12-11-20(32-21)15-4-3-5-16(14-15)24(30)31/h1-14,22-23H,(H,28,33)(H,30,31)/t22-,23+/m1/s1. The lowest BCUT2D eigenvalue weighted by atomic mass is 10.0. The van der Waals surface area contributed by atoms with Crippen molar-refractivity contribution in [3.8, 4) is 11.3 Å². The predicted octanol–water partition coefficient (Wildman–Crippen LogP) is 5.98. The summed E-state index contributed by atoms with van der Waals surface area (Å²) in [6.07, 6.45) is 1.75. The molecule has 1 fully saturated rings. The average molecular weight is 520 g/mol. The van der Waals surface area contributed by atoms with E-state index in [4.69, 9.17) is 16.6 Å². The van der Waals surface area contributed by atoms with E-state index in [0.29, 0.717) is 22.2 Å². The molecule has 3 heterocycles. The van der Waals surface area contributed by atoms with Gasteiger partial charge in [-0.05, 0) is 72.9 Å². The minimum Gasteiger partial charge on any atom is -0.478 e. The van der Waals surface area contributed by atoms with Crippen LogP contribution in [0.5, 0.6) is 0 Å². The molecule has 33 heavy (non-hydrogen) atoms. The van der Waals surface area contributed by atoms with Crippen molar-refractivity contribution >= 4 is 44.9 Å². The number of carbonyl (C=O) groups is 1. The first-order valence-corrected chi connectivity index (χ1v) is 11.4. The van der Waals surface area contributed by atoms with Gasteiger partial charge in [-0.15, -0.1) is 0 Å². The monoisotopic (exact) mass is 519 g/mol. The van der Waals surface area contributed by atoms with Crippen LogP contribution < -0.4 is 10.2 Å². The molecule has 4 aromatic rings. The number of carboxylic acids is 1. The van der Waals surface area contributed by atoms with E-state index in [-0.39, 0.29) is 17.6 Å². The largest absolute Gasteiger partial charge is 0.478 e. The molecule has 2 N–H and O–H groups in total. The summed E-state index contributed by atoms with van der Waals surface area (Å²) in [6.45, 7) is 0. The number of carboxylic acid groups (broad SMARTS) is 1. The fourth-order valence-electron chi connectivity index (χ4n) is 4.00. The Morgan fingerprint density at radius 1 is 1.06 bits per heavy atom. The maximum Gasteiger partial charge on any atom is 0.335 e. The maximum atomic E-state index is 11.4. The highest BCUT2D eigenvalue weighted by molar-refractivity contribution is 9.10. The second kappa shape index (κ2) is 8.80. The summed E-state index contributed by atoms with van der Waals surface area (Å²) in [5, 5.41) is 13.3. The third-order valence-corrected chi connectivity index (χ3v) is 6.36. The van der Waals surface area contributed by atoms with Crippen LogP contribution in [0.1, 0.15) is 33.9 Å². The first-order valence-electron chi connectivity index (χ1n) is 10.2. The summed E-state index contributed by atoms with van der Waals surface area (Å²) in [6, 6.07) is 23.6. The number of nitrogens with one attached hydrogen (secondary N) is 1. The van der Waals surface area contributed by atoms with Crippen LogP contribution in [-0.4, -0.2) is 21.2 Å². The number of hydrogen-bond donors (Lipinski definition) is 2. The van der Waals surface area contributed by atoms with Crippen molar-refractivity contribution in [1.29, 1.82) is 0 Å². The minimum absolute atomic E-state index is 0.206. The number of pyridine rings is 1. The number of anilines is 1. The van der Waals surface area contributed by atoms with E-state index in [1.54, 1.807) is 24.4 Å². The SMILES string of the molecule is O=C(O)c1cccc(-c2ccc([C@H]3[C@@H](c4ccccn4)NC(=S)N3c3ccc(Br)cc3)o2)c1. The lowest BCUT2D eigenvalue weighted by Crippen LogP contribution is -2.29. The number of thiocarbonyl (C=S) groups is 1. The highest BCUT2D eigenvalue weighted by Crippen LogP contribution is 2.43. The Labute approximate surface area is 204 Å². The van der Waals surface area contributed by atoms with E-state index in [1.165, 1.54) is 0 Å². The number of halogens is 1. The molecule has 164 valence electrons. The van der Waals surface area contributed by atoms with Crippen molar-refractivity contribution in [3.63, 3.8) is 0 Å². The van der Waals surface area contributed by atoms with Gasteiger partial charge in [-0.25, -0.2) is 4.79 Å². The van der Waals surface area contributed by atoms with E-state index in [9.17, 15) is 9.90 Å². The van der Waals surface area contributed by atoms with Crippen molar-refractivity contribution in [2.45, 2.75) is 12.1 Å². The molecule has 0 unspecified atom stereocenters. The first-order chi connectivity index (χ1) is 16.0. The van der Waals surface area contributed by atoms with Crippen molar-refractivity contribution in [1.82, 2.24) is 10.3 Å². The van der Waals surface area contributed by atoms with Gasteiger partial charge in [0, 0.05) is 21.9 Å². The van der Waals surface area contributed by atoms with Crippen LogP contribution in [0.15, 0.2) is 93.9 Å². The topological polar surface area (TPSA) is 78.6 Å². The van der Waals surface area contributed by atoms with Crippen LogP contribution in [0.4, 0.5) is 5.69 Å². The number of nitrogens with zero attached hydrogens (tertiary/aromatic N) is 2. The van der Waals surface area contributed by atoms with Crippen LogP contribution in [0.2, 0.25) is 0 Å². The van der Waals surface area contributed by atoms with E-state index in [1.807, 2.05) is 65.6 Å². The van der Waals surface area contributed by atoms with E-state index in [0.717, 1.165) is 15.9 Å². The predicted molar refractivity (Wildman–Crippen MR) is 133 cm³/mol. The minimum atomic E-state index is -0.981. The Morgan fingerprint density at radius 2 is 1.88 bits per heavy atom. The smallest absolute Gasteiger partial charge is 0.335 e. The van der Waals surface area contributed by atoms with Gasteiger partial charge in [0.05, 0.1) is 17.3 Å². The summed E-state index contributed by atoms with van der Waals surface area (Å²) in [5.41, 5.74) is 2.66. The fraction of sp³-hybridized carbons (Fsp3) is 0.0800. The van der Waals surface area contributed by atoms with Gasteiger partial charge >= 0.3 is 5.97 Å².